The highest BCUT2D eigenvalue weighted by atomic mass is 35.5. The van der Waals surface area contributed by atoms with Crippen LogP contribution >= 0.6 is 11.6 Å². The van der Waals surface area contributed by atoms with Crippen molar-refractivity contribution in [2.24, 2.45) is 0 Å². The van der Waals surface area contributed by atoms with E-state index in [1.54, 1.807) is 13.0 Å². The zero-order valence-electron chi connectivity index (χ0n) is 15.9. The molecule has 1 N–H and O–H groups in total. The summed E-state index contributed by atoms with van der Waals surface area (Å²) in [7, 11) is 0. The molecule has 0 unspecified atom stereocenters. The molecule has 29 heavy (non-hydrogen) atoms. The van der Waals surface area contributed by atoms with E-state index in [0.717, 1.165) is 11.1 Å². The Morgan fingerprint density at radius 3 is 2.52 bits per heavy atom. The van der Waals surface area contributed by atoms with Crippen molar-refractivity contribution in [3.63, 3.8) is 0 Å². The first-order chi connectivity index (χ1) is 13.8. The number of rotatable bonds is 6. The molecule has 0 aliphatic heterocycles. The van der Waals surface area contributed by atoms with Gasteiger partial charge in [0.05, 0.1) is 17.9 Å². The lowest BCUT2D eigenvalue weighted by Crippen LogP contribution is -2.21. The molecule has 1 amide bonds. The number of benzene rings is 2. The predicted molar refractivity (Wildman–Crippen MR) is 108 cm³/mol. The van der Waals surface area contributed by atoms with Gasteiger partial charge in [-0.2, -0.15) is 5.10 Å². The van der Waals surface area contributed by atoms with Crippen LogP contribution in [0.15, 0.2) is 48.5 Å². The fourth-order valence-corrected chi connectivity index (χ4v) is 3.02. The zero-order valence-corrected chi connectivity index (χ0v) is 16.7. The van der Waals surface area contributed by atoms with Gasteiger partial charge in [-0.05, 0) is 31.5 Å². The van der Waals surface area contributed by atoms with E-state index in [1.165, 1.54) is 22.9 Å². The Labute approximate surface area is 172 Å². The number of para-hydroxylation sites is 1. The summed E-state index contributed by atoms with van der Waals surface area (Å²) in [6.45, 7) is 3.44. The maximum absolute atomic E-state index is 13.6. The van der Waals surface area contributed by atoms with Crippen LogP contribution in [-0.4, -0.2) is 28.3 Å². The monoisotopic (exact) mass is 415 g/mol. The van der Waals surface area contributed by atoms with Crippen LogP contribution < -0.4 is 5.32 Å². The van der Waals surface area contributed by atoms with Gasteiger partial charge in [0.1, 0.15) is 16.5 Å². The number of nitrogens with zero attached hydrogens (tertiary/aromatic N) is 2. The molecular weight excluding hydrogens is 397 g/mol. The number of carbonyl (C=O) groups is 2. The summed E-state index contributed by atoms with van der Waals surface area (Å²) >= 11 is 6.32. The topological polar surface area (TPSA) is 73.2 Å². The summed E-state index contributed by atoms with van der Waals surface area (Å²) < 4.78 is 20.1. The van der Waals surface area contributed by atoms with Gasteiger partial charge in [-0.3, -0.25) is 4.79 Å². The molecule has 0 radical (unpaired) electrons. The molecular formula is C21H19ClFN3O3. The van der Waals surface area contributed by atoms with E-state index in [2.05, 4.69) is 10.4 Å². The number of carbonyl (C=O) groups excluding carboxylic acids is 2. The Morgan fingerprint density at radius 1 is 1.14 bits per heavy atom. The second-order valence-corrected chi connectivity index (χ2v) is 6.86. The van der Waals surface area contributed by atoms with Gasteiger partial charge in [-0.25, -0.2) is 13.9 Å². The average Bonchev–Trinajstić information content (AvgIpc) is 2.97. The van der Waals surface area contributed by atoms with Gasteiger partial charge in [0.15, 0.2) is 6.61 Å². The molecule has 0 saturated carbocycles. The summed E-state index contributed by atoms with van der Waals surface area (Å²) in [5.74, 6) is -2.01. The van der Waals surface area contributed by atoms with Crippen molar-refractivity contribution in [1.82, 2.24) is 9.78 Å². The van der Waals surface area contributed by atoms with Crippen LogP contribution in [0.25, 0.3) is 0 Å². The van der Waals surface area contributed by atoms with Crippen molar-refractivity contribution in [2.75, 3.05) is 11.9 Å². The average molecular weight is 416 g/mol. The van der Waals surface area contributed by atoms with Crippen LogP contribution in [0.2, 0.25) is 5.15 Å². The standard InChI is InChI=1S/C21H19ClFN3O3/c1-13-7-9-15(10-8-13)11-26-20(22)19(14(2)25-26)21(28)29-12-18(27)24-17-6-4-3-5-16(17)23/h3-10H,11-12H2,1-2H3,(H,24,27). The highest BCUT2D eigenvalue weighted by molar-refractivity contribution is 6.32. The molecule has 0 bridgehead atoms. The van der Waals surface area contributed by atoms with E-state index >= 15 is 0 Å². The third-order valence-corrected chi connectivity index (χ3v) is 4.59. The lowest BCUT2D eigenvalue weighted by Gasteiger charge is -2.07. The molecule has 8 heteroatoms. The highest BCUT2D eigenvalue weighted by Gasteiger charge is 2.22. The van der Waals surface area contributed by atoms with E-state index in [9.17, 15) is 14.0 Å². The Hall–Kier alpha value is -3.19. The Balaban J connectivity index is 1.64. The van der Waals surface area contributed by atoms with Crippen LogP contribution in [0.4, 0.5) is 10.1 Å². The molecule has 1 heterocycles. The number of amides is 1. The number of anilines is 1. The van der Waals surface area contributed by atoms with Crippen LogP contribution in [0.3, 0.4) is 0 Å². The first kappa shape index (κ1) is 20.5. The number of hydrogen-bond acceptors (Lipinski definition) is 4. The van der Waals surface area contributed by atoms with Gasteiger partial charge < -0.3 is 10.1 Å². The van der Waals surface area contributed by atoms with E-state index in [4.69, 9.17) is 16.3 Å². The van der Waals surface area contributed by atoms with E-state index < -0.39 is 24.3 Å². The third-order valence-electron chi connectivity index (χ3n) is 4.20. The van der Waals surface area contributed by atoms with E-state index in [1.807, 2.05) is 31.2 Å². The van der Waals surface area contributed by atoms with Crippen molar-refractivity contribution >= 4 is 29.2 Å². The van der Waals surface area contributed by atoms with E-state index in [-0.39, 0.29) is 16.4 Å². The molecule has 0 aliphatic carbocycles. The maximum atomic E-state index is 13.6. The summed E-state index contributed by atoms with van der Waals surface area (Å²) in [4.78, 5) is 24.3. The molecule has 6 nitrogen and oxygen atoms in total. The second kappa shape index (κ2) is 8.87. The lowest BCUT2D eigenvalue weighted by molar-refractivity contribution is -0.119. The summed E-state index contributed by atoms with van der Waals surface area (Å²) in [5, 5.41) is 6.76. The van der Waals surface area contributed by atoms with Crippen LogP contribution in [-0.2, 0) is 16.1 Å². The largest absolute Gasteiger partial charge is 0.452 e. The van der Waals surface area contributed by atoms with Crippen molar-refractivity contribution in [3.8, 4) is 0 Å². The molecule has 2 aromatic carbocycles. The Bertz CT molecular complexity index is 1050. The first-order valence-electron chi connectivity index (χ1n) is 8.85. The van der Waals surface area contributed by atoms with E-state index in [0.29, 0.717) is 12.2 Å². The predicted octanol–water partition coefficient (Wildman–Crippen LogP) is 4.14. The van der Waals surface area contributed by atoms with Crippen molar-refractivity contribution in [2.45, 2.75) is 20.4 Å². The summed E-state index contributed by atoms with van der Waals surface area (Å²) in [6.07, 6.45) is 0. The maximum Gasteiger partial charge on any atom is 0.343 e. The fraction of sp³-hybridized carbons (Fsp3) is 0.190. The molecule has 0 fully saturated rings. The molecule has 0 aliphatic rings. The second-order valence-electron chi connectivity index (χ2n) is 6.50. The minimum absolute atomic E-state index is 0.00804. The Kier molecular flexibility index (Phi) is 6.29. The van der Waals surface area contributed by atoms with Gasteiger partial charge in [-0.1, -0.05) is 53.6 Å². The Morgan fingerprint density at radius 2 is 1.83 bits per heavy atom. The normalized spacial score (nSPS) is 10.6. The van der Waals surface area contributed by atoms with Gasteiger partial charge in [0.2, 0.25) is 0 Å². The number of nitrogens with one attached hydrogen (secondary N) is 1. The van der Waals surface area contributed by atoms with Crippen LogP contribution in [0.1, 0.15) is 27.2 Å². The van der Waals surface area contributed by atoms with Gasteiger partial charge in [-0.15, -0.1) is 0 Å². The number of esters is 1. The van der Waals surface area contributed by atoms with Gasteiger partial charge in [0, 0.05) is 0 Å². The van der Waals surface area contributed by atoms with Gasteiger partial charge in [0.25, 0.3) is 5.91 Å². The molecule has 150 valence electrons. The molecule has 0 atom stereocenters. The summed E-state index contributed by atoms with van der Waals surface area (Å²) in [5.41, 5.74) is 2.60. The molecule has 0 saturated heterocycles. The fourth-order valence-electron chi connectivity index (χ4n) is 2.71. The highest BCUT2D eigenvalue weighted by Crippen LogP contribution is 2.22. The number of halogens is 2. The SMILES string of the molecule is Cc1ccc(Cn2nc(C)c(C(=O)OCC(=O)Nc3ccccc3F)c2Cl)cc1. The zero-order chi connectivity index (χ0) is 21.0. The molecule has 1 aromatic heterocycles. The number of aryl methyl sites for hydroxylation is 2. The van der Waals surface area contributed by atoms with Crippen molar-refractivity contribution < 1.29 is 18.7 Å². The third kappa shape index (κ3) is 5.00. The minimum Gasteiger partial charge on any atom is -0.452 e. The minimum atomic E-state index is -0.772. The lowest BCUT2D eigenvalue weighted by atomic mass is 10.1. The van der Waals surface area contributed by atoms with Crippen LogP contribution in [0, 0.1) is 19.7 Å². The van der Waals surface area contributed by atoms with Gasteiger partial charge >= 0.3 is 5.97 Å². The smallest absolute Gasteiger partial charge is 0.343 e. The number of ether oxygens (including phenoxy) is 1. The quantitative estimate of drug-likeness (QED) is 0.614. The molecule has 3 aromatic rings. The molecule has 0 spiro atoms. The van der Waals surface area contributed by atoms with Crippen molar-refractivity contribution in [1.29, 1.82) is 0 Å². The summed E-state index contributed by atoms with van der Waals surface area (Å²) in [6, 6.07) is 13.6. The number of hydrogen-bond donors (Lipinski definition) is 1. The first-order valence-corrected chi connectivity index (χ1v) is 9.23. The molecule has 3 rings (SSSR count). The van der Waals surface area contributed by atoms with Crippen molar-refractivity contribution in [3.05, 3.63) is 81.9 Å². The van der Waals surface area contributed by atoms with Crippen LogP contribution in [0.5, 0.6) is 0 Å². The number of aromatic nitrogens is 2.